The van der Waals surface area contributed by atoms with Crippen LogP contribution in [0, 0.1) is 5.92 Å². The highest BCUT2D eigenvalue weighted by atomic mass is 15.1. The highest BCUT2D eigenvalue weighted by Crippen LogP contribution is 2.50. The van der Waals surface area contributed by atoms with Gasteiger partial charge < -0.3 is 9.80 Å². The smallest absolute Gasteiger partial charge is 0.0486 e. The molecule has 268 valence electrons. The molecule has 0 saturated heterocycles. The average Bonchev–Trinajstić information content (AvgIpc) is 3.19. The van der Waals surface area contributed by atoms with Gasteiger partial charge >= 0.3 is 0 Å². The van der Waals surface area contributed by atoms with Crippen LogP contribution in [0.15, 0.2) is 127 Å². The molecule has 1 atom stereocenters. The second-order valence-electron chi connectivity index (χ2n) is 15.7. The van der Waals surface area contributed by atoms with Gasteiger partial charge in [0.05, 0.1) is 0 Å². The third-order valence-electron chi connectivity index (χ3n) is 11.3. The average molecular weight is 687 g/mol. The Morgan fingerprint density at radius 3 is 2.00 bits per heavy atom. The van der Waals surface area contributed by atoms with Gasteiger partial charge in [-0.3, -0.25) is 0 Å². The summed E-state index contributed by atoms with van der Waals surface area (Å²) in [5.41, 5.74) is 17.0. The van der Waals surface area contributed by atoms with Gasteiger partial charge in [0.15, 0.2) is 0 Å². The molecule has 0 N–H and O–H groups in total. The molecule has 0 saturated carbocycles. The van der Waals surface area contributed by atoms with E-state index >= 15 is 0 Å². The van der Waals surface area contributed by atoms with Crippen LogP contribution in [-0.4, -0.2) is 7.05 Å². The lowest BCUT2D eigenvalue weighted by atomic mass is 9.69. The quantitative estimate of drug-likeness (QED) is 0.175. The number of rotatable bonds is 6. The second-order valence-corrected chi connectivity index (χ2v) is 15.7. The van der Waals surface area contributed by atoms with Crippen LogP contribution in [0.25, 0.3) is 16.7 Å². The van der Waals surface area contributed by atoms with Crippen molar-refractivity contribution in [2.24, 2.45) is 5.92 Å². The zero-order valence-electron chi connectivity index (χ0n) is 33.2. The number of aryl methyl sites for hydroxylation is 2. The number of hydrogen-bond acceptors (Lipinski definition) is 2. The van der Waals surface area contributed by atoms with Crippen LogP contribution < -0.4 is 9.80 Å². The molecule has 7 rings (SSSR count). The summed E-state index contributed by atoms with van der Waals surface area (Å²) >= 11 is 0. The maximum atomic E-state index is 2.46. The number of fused-ring (bicyclic) bond motifs is 5. The largest absolute Gasteiger partial charge is 0.344 e. The van der Waals surface area contributed by atoms with Gasteiger partial charge in [-0.05, 0) is 123 Å². The van der Waals surface area contributed by atoms with E-state index in [-0.39, 0.29) is 10.8 Å². The molecule has 0 amide bonds. The molecule has 1 unspecified atom stereocenters. The Morgan fingerprint density at radius 1 is 0.673 bits per heavy atom. The SMILES string of the molecule is CC.CCc1ccccc1-c1ccc(N(c2ccc(C(C)(C)C)cc2)c2ccc3c(c2)C2=CC=CC(C2)C(C)(C)c2ccccc2N3C)cc1CC. The third-order valence-corrected chi connectivity index (χ3v) is 11.3. The minimum atomic E-state index is -0.0126. The summed E-state index contributed by atoms with van der Waals surface area (Å²) in [6.45, 7) is 20.2. The molecule has 0 fully saturated rings. The van der Waals surface area contributed by atoms with Crippen LogP contribution in [0.4, 0.5) is 28.4 Å². The van der Waals surface area contributed by atoms with Crippen molar-refractivity contribution in [1.82, 2.24) is 0 Å². The van der Waals surface area contributed by atoms with Gasteiger partial charge in [-0.2, -0.15) is 0 Å². The Kier molecular flexibility index (Phi) is 10.7. The van der Waals surface area contributed by atoms with E-state index in [1.54, 1.807) is 0 Å². The Bertz CT molecular complexity index is 2090. The first kappa shape index (κ1) is 37.0. The van der Waals surface area contributed by atoms with Gasteiger partial charge in [0.2, 0.25) is 0 Å². The molecule has 0 aromatic heterocycles. The van der Waals surface area contributed by atoms with E-state index < -0.39 is 0 Å². The first-order valence-corrected chi connectivity index (χ1v) is 19.5. The number of hydrogen-bond donors (Lipinski definition) is 0. The molecule has 2 bridgehead atoms. The summed E-state index contributed by atoms with van der Waals surface area (Å²) < 4.78 is 0. The molecule has 1 aliphatic carbocycles. The third kappa shape index (κ3) is 6.88. The second kappa shape index (κ2) is 15.0. The molecular formula is C50H58N2. The molecule has 0 spiro atoms. The van der Waals surface area contributed by atoms with Crippen molar-refractivity contribution in [1.29, 1.82) is 0 Å². The van der Waals surface area contributed by atoms with Crippen molar-refractivity contribution in [2.45, 2.75) is 92.4 Å². The molecule has 2 nitrogen and oxygen atoms in total. The van der Waals surface area contributed by atoms with Crippen LogP contribution in [0.5, 0.6) is 0 Å². The van der Waals surface area contributed by atoms with Gasteiger partial charge in [-0.1, -0.05) is 141 Å². The topological polar surface area (TPSA) is 6.48 Å². The summed E-state index contributed by atoms with van der Waals surface area (Å²) in [6.07, 6.45) is 10.0. The van der Waals surface area contributed by atoms with Gasteiger partial charge in [-0.15, -0.1) is 0 Å². The summed E-state index contributed by atoms with van der Waals surface area (Å²) in [7, 11) is 2.24. The van der Waals surface area contributed by atoms with E-state index in [2.05, 4.69) is 193 Å². The number of benzene rings is 5. The van der Waals surface area contributed by atoms with E-state index in [0.717, 1.165) is 19.3 Å². The van der Waals surface area contributed by atoms with Crippen molar-refractivity contribution >= 4 is 34.0 Å². The van der Waals surface area contributed by atoms with E-state index in [1.807, 2.05) is 13.8 Å². The van der Waals surface area contributed by atoms with E-state index in [1.165, 1.54) is 73.0 Å². The van der Waals surface area contributed by atoms with E-state index in [9.17, 15) is 0 Å². The number of anilines is 5. The number of para-hydroxylation sites is 1. The maximum absolute atomic E-state index is 2.46. The van der Waals surface area contributed by atoms with E-state index in [4.69, 9.17) is 0 Å². The van der Waals surface area contributed by atoms with Crippen LogP contribution in [0.1, 0.15) is 96.6 Å². The zero-order chi connectivity index (χ0) is 37.2. The predicted octanol–water partition coefficient (Wildman–Crippen LogP) is 14.3. The lowest BCUT2D eigenvalue weighted by Crippen LogP contribution is -2.29. The van der Waals surface area contributed by atoms with Crippen molar-refractivity contribution in [3.05, 3.63) is 155 Å². The minimum Gasteiger partial charge on any atom is -0.344 e. The Labute approximate surface area is 314 Å². The number of allylic oxidation sites excluding steroid dienone is 4. The fourth-order valence-electron chi connectivity index (χ4n) is 8.15. The normalized spacial score (nSPS) is 15.9. The minimum absolute atomic E-state index is 0.0126. The molecule has 1 heterocycles. The summed E-state index contributed by atoms with van der Waals surface area (Å²) in [5, 5.41) is 0. The molecule has 5 aromatic carbocycles. The molecule has 1 aliphatic heterocycles. The Hall–Kier alpha value is -4.82. The van der Waals surface area contributed by atoms with Gasteiger partial charge in [-0.25, -0.2) is 0 Å². The lowest BCUT2D eigenvalue weighted by Gasteiger charge is -2.36. The molecule has 2 aliphatic rings. The zero-order valence-corrected chi connectivity index (χ0v) is 33.2. The van der Waals surface area contributed by atoms with Crippen molar-refractivity contribution in [3.8, 4) is 11.1 Å². The van der Waals surface area contributed by atoms with E-state index in [0.29, 0.717) is 5.92 Å². The lowest BCUT2D eigenvalue weighted by molar-refractivity contribution is 0.387. The van der Waals surface area contributed by atoms with Crippen LogP contribution in [0.3, 0.4) is 0 Å². The highest BCUT2D eigenvalue weighted by Gasteiger charge is 2.36. The first-order valence-electron chi connectivity index (χ1n) is 19.5. The van der Waals surface area contributed by atoms with Crippen molar-refractivity contribution in [2.75, 3.05) is 16.8 Å². The first-order chi connectivity index (χ1) is 25.0. The maximum Gasteiger partial charge on any atom is 0.0486 e. The van der Waals surface area contributed by atoms with Crippen LogP contribution >= 0.6 is 0 Å². The molecule has 52 heavy (non-hydrogen) atoms. The summed E-state index contributed by atoms with van der Waals surface area (Å²) in [4.78, 5) is 4.87. The Balaban J connectivity index is 0.00000228. The van der Waals surface area contributed by atoms with Gasteiger partial charge in [0.25, 0.3) is 0 Å². The molecule has 0 radical (unpaired) electrons. The highest BCUT2D eigenvalue weighted by molar-refractivity contribution is 5.88. The predicted molar refractivity (Wildman–Crippen MR) is 228 cm³/mol. The summed E-state index contributed by atoms with van der Waals surface area (Å²) in [6, 6.07) is 41.3. The van der Waals surface area contributed by atoms with Crippen LogP contribution in [-0.2, 0) is 23.7 Å². The van der Waals surface area contributed by atoms with Crippen molar-refractivity contribution < 1.29 is 0 Å². The van der Waals surface area contributed by atoms with Crippen molar-refractivity contribution in [3.63, 3.8) is 0 Å². The monoisotopic (exact) mass is 686 g/mol. The fraction of sp³-hybridized carbons (Fsp3) is 0.320. The van der Waals surface area contributed by atoms with Gasteiger partial charge in [0.1, 0.15) is 0 Å². The van der Waals surface area contributed by atoms with Crippen LogP contribution in [0.2, 0.25) is 0 Å². The summed E-state index contributed by atoms with van der Waals surface area (Å²) in [5.74, 6) is 0.401. The molecular weight excluding hydrogens is 629 g/mol. The number of nitrogens with zero attached hydrogens (tertiary/aromatic N) is 2. The molecule has 2 heteroatoms. The fourth-order valence-corrected chi connectivity index (χ4v) is 8.15. The van der Waals surface area contributed by atoms with Gasteiger partial charge in [0, 0.05) is 41.0 Å². The molecule has 5 aromatic rings. The Morgan fingerprint density at radius 2 is 1.29 bits per heavy atom. The standard InChI is InChI=1S/C48H52N2.C2H6/c1-9-33-16-11-12-19-41(33)42-28-26-39(31-34(42)10-2)50(38-24-22-36(23-25-38)47(3,4)5)40-27-29-45-43(32-40)35-17-15-18-37(30-35)48(6,7)44-20-13-14-21-46(44)49(45)8;1-2/h11-29,31-32,37H,9-10,30H2,1-8H3;1-2H3.